The van der Waals surface area contributed by atoms with Crippen LogP contribution in [0.5, 0.6) is 0 Å². The highest BCUT2D eigenvalue weighted by Crippen LogP contribution is 2.27. The van der Waals surface area contributed by atoms with E-state index in [9.17, 15) is 14.7 Å². The Kier molecular flexibility index (Phi) is 12.0. The molecule has 0 saturated heterocycles. The summed E-state index contributed by atoms with van der Waals surface area (Å²) in [7, 11) is 0. The Hall–Kier alpha value is -4.15. The van der Waals surface area contributed by atoms with Gasteiger partial charge >= 0.3 is 0 Å². The number of hydrogen-bond donors (Lipinski definition) is 4. The van der Waals surface area contributed by atoms with E-state index >= 15 is 0 Å². The van der Waals surface area contributed by atoms with Crippen LogP contribution >= 0.6 is 0 Å². The van der Waals surface area contributed by atoms with Gasteiger partial charge in [-0.3, -0.25) is 9.59 Å². The van der Waals surface area contributed by atoms with E-state index in [1.54, 1.807) is 18.2 Å². The van der Waals surface area contributed by atoms with Crippen LogP contribution in [-0.4, -0.2) is 40.9 Å². The molecule has 200 valence electrons. The molecule has 0 saturated carbocycles. The minimum atomic E-state index is -0.416. The summed E-state index contributed by atoms with van der Waals surface area (Å²) in [6.07, 6.45) is 25.7. The van der Waals surface area contributed by atoms with Gasteiger partial charge in [0, 0.05) is 42.5 Å². The van der Waals surface area contributed by atoms with Crippen LogP contribution in [-0.2, 0) is 4.79 Å². The molecule has 0 radical (unpaired) electrons. The number of aromatic nitrogens is 2. The van der Waals surface area contributed by atoms with Crippen LogP contribution in [0.15, 0.2) is 82.8 Å². The number of rotatable bonds is 13. The third-order valence-electron chi connectivity index (χ3n) is 5.99. The standard InChI is InChI=1S/C31H38N4O3/c1-6-8-12-26(25-13-10-16-31(5,22-36)17-15-25)20-23(3)21-28(37)32-18-11-19-33-29-24(4)27(14-9-7-2)30(38)35-34-29/h1,7,9-10,12-17,20,36H,2,8,11,18-19,21-22H2,3-5H3,(H,32,37)(H,33,34)(H,35,38)/b14-9-,23-20+,26-12+. The summed E-state index contributed by atoms with van der Waals surface area (Å²) in [6, 6.07) is 0. The summed E-state index contributed by atoms with van der Waals surface area (Å²) < 4.78 is 0. The Morgan fingerprint density at radius 1 is 1.34 bits per heavy atom. The number of carbonyl (C=O) groups is 1. The second-order valence-corrected chi connectivity index (χ2v) is 9.38. The predicted octanol–water partition coefficient (Wildman–Crippen LogP) is 4.53. The molecule has 1 aliphatic carbocycles. The number of H-pyrrole nitrogens is 1. The van der Waals surface area contributed by atoms with Crippen molar-refractivity contribution in [1.29, 1.82) is 0 Å². The van der Waals surface area contributed by atoms with Crippen molar-refractivity contribution in [2.24, 2.45) is 5.41 Å². The third kappa shape index (κ3) is 9.38. The van der Waals surface area contributed by atoms with Crippen molar-refractivity contribution >= 4 is 17.8 Å². The molecule has 0 aromatic carbocycles. The molecule has 1 amide bonds. The maximum Gasteiger partial charge on any atom is 0.271 e. The van der Waals surface area contributed by atoms with Crippen LogP contribution in [0.25, 0.3) is 6.08 Å². The lowest BCUT2D eigenvalue weighted by atomic mass is 9.91. The Morgan fingerprint density at radius 3 is 2.84 bits per heavy atom. The molecule has 1 heterocycles. The Morgan fingerprint density at radius 2 is 2.13 bits per heavy atom. The van der Waals surface area contributed by atoms with E-state index in [4.69, 9.17) is 6.42 Å². The topological polar surface area (TPSA) is 107 Å². The van der Waals surface area contributed by atoms with Crippen LogP contribution in [0.1, 0.15) is 44.2 Å². The van der Waals surface area contributed by atoms with E-state index < -0.39 is 5.41 Å². The molecule has 0 bridgehead atoms. The van der Waals surface area contributed by atoms with Crippen LogP contribution in [0, 0.1) is 24.7 Å². The minimum Gasteiger partial charge on any atom is -0.395 e. The molecule has 1 aromatic rings. The number of aliphatic hydroxyl groups is 1. The van der Waals surface area contributed by atoms with Crippen molar-refractivity contribution < 1.29 is 9.90 Å². The minimum absolute atomic E-state index is 0.0180. The Bertz CT molecular complexity index is 1280. The number of terminal acetylenes is 1. The lowest BCUT2D eigenvalue weighted by Gasteiger charge is -2.17. The quantitative estimate of drug-likeness (QED) is 0.176. The highest BCUT2D eigenvalue weighted by molar-refractivity contribution is 5.78. The second kappa shape index (κ2) is 15.2. The van der Waals surface area contributed by atoms with Crippen molar-refractivity contribution in [2.45, 2.75) is 40.0 Å². The third-order valence-corrected chi connectivity index (χ3v) is 5.99. The fourth-order valence-electron chi connectivity index (χ4n) is 3.73. The molecule has 7 nitrogen and oxygen atoms in total. The monoisotopic (exact) mass is 514 g/mol. The SMILES string of the molecule is C#CC/C=C(\C=C(/C)CC(=O)NCCCNc1n[nH]c(=O)c(/C=C\C=C)c1C)C1=CC=CC(C)(CO)C=C1. The number of carbonyl (C=O) groups excluding carboxylic acids is 1. The summed E-state index contributed by atoms with van der Waals surface area (Å²) in [4.78, 5) is 24.5. The second-order valence-electron chi connectivity index (χ2n) is 9.38. The summed E-state index contributed by atoms with van der Waals surface area (Å²) in [5.41, 5.74) is 3.42. The van der Waals surface area contributed by atoms with E-state index in [1.165, 1.54) is 0 Å². The van der Waals surface area contributed by atoms with Gasteiger partial charge in [0.05, 0.1) is 6.61 Å². The molecule has 0 aliphatic heterocycles. The van der Waals surface area contributed by atoms with E-state index in [1.807, 2.05) is 63.3 Å². The van der Waals surface area contributed by atoms with Gasteiger partial charge in [-0.25, -0.2) is 5.10 Å². The normalized spacial score (nSPS) is 17.6. The number of allylic oxidation sites excluding steroid dienone is 9. The summed E-state index contributed by atoms with van der Waals surface area (Å²) >= 11 is 0. The van der Waals surface area contributed by atoms with Crippen LogP contribution in [0.4, 0.5) is 5.82 Å². The zero-order chi connectivity index (χ0) is 28.0. The molecule has 7 heteroatoms. The number of amides is 1. The molecule has 1 aliphatic rings. The number of nitrogens with one attached hydrogen (secondary N) is 3. The van der Waals surface area contributed by atoms with Gasteiger partial charge < -0.3 is 15.7 Å². The fourth-order valence-corrected chi connectivity index (χ4v) is 3.73. The van der Waals surface area contributed by atoms with Crippen molar-refractivity contribution in [3.05, 3.63) is 99.5 Å². The first-order valence-corrected chi connectivity index (χ1v) is 12.6. The van der Waals surface area contributed by atoms with Gasteiger partial charge in [-0.05, 0) is 37.5 Å². The first-order valence-electron chi connectivity index (χ1n) is 12.6. The molecule has 4 N–H and O–H groups in total. The van der Waals surface area contributed by atoms with Crippen molar-refractivity contribution in [3.8, 4) is 12.3 Å². The molecule has 0 fully saturated rings. The Balaban J connectivity index is 1.91. The van der Waals surface area contributed by atoms with Crippen molar-refractivity contribution in [1.82, 2.24) is 15.5 Å². The van der Waals surface area contributed by atoms with Crippen LogP contribution in [0.2, 0.25) is 0 Å². The zero-order valence-electron chi connectivity index (χ0n) is 22.5. The van der Waals surface area contributed by atoms with Gasteiger partial charge in [0.25, 0.3) is 5.56 Å². The summed E-state index contributed by atoms with van der Waals surface area (Å²) in [5, 5.41) is 22.4. The van der Waals surface area contributed by atoms with E-state index in [0.717, 1.165) is 22.3 Å². The van der Waals surface area contributed by atoms with Crippen molar-refractivity contribution in [3.63, 3.8) is 0 Å². The number of nitrogens with zero attached hydrogens (tertiary/aromatic N) is 1. The number of aromatic amines is 1. The smallest absolute Gasteiger partial charge is 0.271 e. The average molecular weight is 515 g/mol. The Labute approximate surface area is 225 Å². The molecule has 1 atom stereocenters. The number of hydrogen-bond acceptors (Lipinski definition) is 5. The lowest BCUT2D eigenvalue weighted by Crippen LogP contribution is -2.26. The number of anilines is 1. The van der Waals surface area contributed by atoms with Gasteiger partial charge in [-0.15, -0.1) is 12.3 Å². The highest BCUT2D eigenvalue weighted by Gasteiger charge is 2.17. The first-order chi connectivity index (χ1) is 18.2. The average Bonchev–Trinajstić information content (AvgIpc) is 3.09. The van der Waals surface area contributed by atoms with E-state index in [-0.39, 0.29) is 24.5 Å². The van der Waals surface area contributed by atoms with Crippen molar-refractivity contribution in [2.75, 3.05) is 25.0 Å². The lowest BCUT2D eigenvalue weighted by molar-refractivity contribution is -0.120. The van der Waals surface area contributed by atoms with E-state index in [2.05, 4.69) is 33.3 Å². The van der Waals surface area contributed by atoms with Crippen LogP contribution < -0.4 is 16.2 Å². The molecule has 2 rings (SSSR count). The molecule has 38 heavy (non-hydrogen) atoms. The first kappa shape index (κ1) is 30.1. The molecule has 1 unspecified atom stereocenters. The zero-order valence-corrected chi connectivity index (χ0v) is 22.5. The van der Waals surface area contributed by atoms with Gasteiger partial charge in [0.15, 0.2) is 0 Å². The van der Waals surface area contributed by atoms with Gasteiger partial charge in [0.1, 0.15) is 5.82 Å². The molecular weight excluding hydrogens is 476 g/mol. The van der Waals surface area contributed by atoms with Gasteiger partial charge in [-0.2, -0.15) is 5.10 Å². The molecule has 0 spiro atoms. The summed E-state index contributed by atoms with van der Waals surface area (Å²) in [6.45, 7) is 10.4. The summed E-state index contributed by atoms with van der Waals surface area (Å²) in [5.74, 6) is 3.17. The van der Waals surface area contributed by atoms with Gasteiger partial charge in [0.2, 0.25) is 5.91 Å². The molecular formula is C31H38N4O3. The highest BCUT2D eigenvalue weighted by atomic mass is 16.3. The predicted molar refractivity (Wildman–Crippen MR) is 156 cm³/mol. The van der Waals surface area contributed by atoms with Gasteiger partial charge in [-0.1, -0.05) is 73.8 Å². The maximum atomic E-state index is 12.5. The fraction of sp³-hybridized carbons (Fsp3) is 0.323. The largest absolute Gasteiger partial charge is 0.395 e. The van der Waals surface area contributed by atoms with E-state index in [0.29, 0.717) is 37.3 Å². The van der Waals surface area contributed by atoms with Crippen LogP contribution in [0.3, 0.4) is 0 Å². The number of aliphatic hydroxyl groups excluding tert-OH is 1. The molecule has 1 aromatic heterocycles. The maximum absolute atomic E-state index is 12.5.